The van der Waals surface area contributed by atoms with Crippen LogP contribution in [0, 0.1) is 10.1 Å². The van der Waals surface area contributed by atoms with Crippen LogP contribution in [0.4, 0.5) is 28.7 Å². The van der Waals surface area contributed by atoms with E-state index in [-0.39, 0.29) is 27.5 Å². The first kappa shape index (κ1) is 29.1. The Kier molecular flexibility index (Phi) is 8.76. The number of hydrogen-bond acceptors (Lipinski definition) is 11. The second kappa shape index (κ2) is 12.6. The van der Waals surface area contributed by atoms with Gasteiger partial charge in [-0.05, 0) is 38.2 Å². The first-order valence-corrected chi connectivity index (χ1v) is 13.7. The molecule has 1 aliphatic heterocycles. The van der Waals surface area contributed by atoms with Crippen LogP contribution >= 0.6 is 23.2 Å². The summed E-state index contributed by atoms with van der Waals surface area (Å²) in [6.07, 6.45) is 2.96. The predicted octanol–water partition coefficient (Wildman–Crippen LogP) is 6.34. The number of ether oxygens (including phenoxy) is 3. The summed E-state index contributed by atoms with van der Waals surface area (Å²) in [7, 11) is 3.48. The number of nitrogens with zero attached hydrogens (tertiary/aromatic N) is 5. The first-order valence-electron chi connectivity index (χ1n) is 12.9. The average molecular weight is 612 g/mol. The minimum absolute atomic E-state index is 0.00705. The van der Waals surface area contributed by atoms with Crippen LogP contribution in [0.1, 0.15) is 6.92 Å². The fourth-order valence-electron chi connectivity index (χ4n) is 4.40. The maximum absolute atomic E-state index is 11.9. The quantitative estimate of drug-likeness (QED) is 0.145. The molecule has 2 N–H and O–H groups in total. The smallest absolute Gasteiger partial charge is 0.296 e. The van der Waals surface area contributed by atoms with Gasteiger partial charge in [0.25, 0.3) is 5.69 Å². The maximum atomic E-state index is 11.9. The number of likely N-dealkylation sites (tertiary alicyclic amines) is 1. The van der Waals surface area contributed by atoms with Gasteiger partial charge in [-0.2, -0.15) is 0 Å². The van der Waals surface area contributed by atoms with Crippen LogP contribution < -0.4 is 24.8 Å². The van der Waals surface area contributed by atoms with Gasteiger partial charge < -0.3 is 24.8 Å². The summed E-state index contributed by atoms with van der Waals surface area (Å²) in [6, 6.07) is 11.5. The lowest BCUT2D eigenvalue weighted by Crippen LogP contribution is -2.51. The summed E-state index contributed by atoms with van der Waals surface area (Å²) in [5, 5.41) is 18.6. The summed E-state index contributed by atoms with van der Waals surface area (Å²) in [6.45, 7) is 3.77. The molecule has 2 aromatic heterocycles. The Balaban J connectivity index is 1.43. The van der Waals surface area contributed by atoms with Crippen molar-refractivity contribution >= 4 is 51.9 Å². The van der Waals surface area contributed by atoms with Crippen molar-refractivity contribution < 1.29 is 19.1 Å². The number of likely N-dealkylation sites (N-methyl/N-ethyl adjacent to an activating group) is 1. The fraction of sp³-hybridized carbons (Fsp3) is 0.250. The van der Waals surface area contributed by atoms with Gasteiger partial charge in [-0.3, -0.25) is 15.0 Å². The van der Waals surface area contributed by atoms with E-state index < -0.39 is 4.92 Å². The number of benzene rings is 2. The lowest BCUT2D eigenvalue weighted by Gasteiger charge is -2.35. The number of rotatable bonds is 11. The van der Waals surface area contributed by atoms with Crippen molar-refractivity contribution in [3.63, 3.8) is 0 Å². The number of anilines is 4. The zero-order chi connectivity index (χ0) is 29.8. The number of halogens is 2. The summed E-state index contributed by atoms with van der Waals surface area (Å²) < 4.78 is 16.9. The number of nitrogens with one attached hydrogen (secondary N) is 2. The average Bonchev–Trinajstić information content (AvgIpc) is 2.97. The molecule has 4 aromatic rings. The normalized spacial score (nSPS) is 13.3. The van der Waals surface area contributed by atoms with Crippen LogP contribution in [0.5, 0.6) is 17.2 Å². The Morgan fingerprint density at radius 2 is 1.86 bits per heavy atom. The molecule has 1 saturated heterocycles. The first-order chi connectivity index (χ1) is 20.3. The molecule has 3 heterocycles. The Morgan fingerprint density at radius 3 is 2.57 bits per heavy atom. The van der Waals surface area contributed by atoms with Gasteiger partial charge in [0, 0.05) is 37.0 Å². The molecule has 42 heavy (non-hydrogen) atoms. The second-order valence-electron chi connectivity index (χ2n) is 9.35. The van der Waals surface area contributed by atoms with Gasteiger partial charge in [0.15, 0.2) is 0 Å². The van der Waals surface area contributed by atoms with E-state index in [4.69, 9.17) is 37.4 Å². The number of methoxy groups -OCH3 is 1. The van der Waals surface area contributed by atoms with E-state index in [0.29, 0.717) is 52.4 Å². The van der Waals surface area contributed by atoms with Crippen molar-refractivity contribution in [2.75, 3.05) is 44.5 Å². The molecule has 0 unspecified atom stereocenters. The zero-order valence-electron chi connectivity index (χ0n) is 22.9. The van der Waals surface area contributed by atoms with Crippen molar-refractivity contribution in [2.45, 2.75) is 13.0 Å². The third-order valence-corrected chi connectivity index (χ3v) is 7.16. The number of aromatic nitrogens is 3. The molecular formula is C28H27Cl2N7O5. The van der Waals surface area contributed by atoms with Crippen LogP contribution in [0.15, 0.2) is 55.0 Å². The van der Waals surface area contributed by atoms with Crippen molar-refractivity contribution in [1.82, 2.24) is 19.9 Å². The Hall–Kier alpha value is -4.39. The van der Waals surface area contributed by atoms with Crippen LogP contribution in [-0.4, -0.2) is 64.7 Å². The molecule has 5 rings (SSSR count). The number of nitro benzene ring substituents is 1. The highest BCUT2D eigenvalue weighted by Crippen LogP contribution is 2.46. The lowest BCUT2D eigenvalue weighted by atomic mass is 10.1. The molecule has 1 fully saturated rings. The molecule has 0 spiro atoms. The van der Waals surface area contributed by atoms with Crippen LogP contribution in [0.2, 0.25) is 10.0 Å². The zero-order valence-corrected chi connectivity index (χ0v) is 24.4. The highest BCUT2D eigenvalue weighted by molar-refractivity contribution is 6.41. The van der Waals surface area contributed by atoms with E-state index in [1.54, 1.807) is 42.6 Å². The van der Waals surface area contributed by atoms with Gasteiger partial charge in [0.1, 0.15) is 57.0 Å². The van der Waals surface area contributed by atoms with E-state index in [0.717, 1.165) is 13.1 Å². The minimum atomic E-state index is -0.467. The summed E-state index contributed by atoms with van der Waals surface area (Å²) in [5.74, 6) is 1.93. The molecule has 0 saturated carbocycles. The summed E-state index contributed by atoms with van der Waals surface area (Å²) in [4.78, 5) is 26.6. The van der Waals surface area contributed by atoms with E-state index in [2.05, 4.69) is 30.5 Å². The lowest BCUT2D eigenvalue weighted by molar-refractivity contribution is -0.384. The van der Waals surface area contributed by atoms with E-state index in [1.165, 1.54) is 19.5 Å². The maximum Gasteiger partial charge on any atom is 0.296 e. The van der Waals surface area contributed by atoms with E-state index >= 15 is 0 Å². The van der Waals surface area contributed by atoms with Crippen LogP contribution in [0.3, 0.4) is 0 Å². The van der Waals surface area contributed by atoms with Crippen LogP contribution in [-0.2, 0) is 0 Å². The van der Waals surface area contributed by atoms with Crippen LogP contribution in [0.25, 0.3) is 11.3 Å². The van der Waals surface area contributed by atoms with Gasteiger partial charge >= 0.3 is 0 Å². The molecule has 14 heteroatoms. The third kappa shape index (κ3) is 6.25. The molecule has 2 aromatic carbocycles. The molecule has 1 aliphatic rings. The monoisotopic (exact) mass is 611 g/mol. The topological polar surface area (TPSA) is 137 Å². The predicted molar refractivity (Wildman–Crippen MR) is 161 cm³/mol. The van der Waals surface area contributed by atoms with Crippen molar-refractivity contribution in [1.29, 1.82) is 0 Å². The van der Waals surface area contributed by atoms with Crippen molar-refractivity contribution in [2.24, 2.45) is 0 Å². The van der Waals surface area contributed by atoms with Gasteiger partial charge in [-0.25, -0.2) is 15.0 Å². The summed E-state index contributed by atoms with van der Waals surface area (Å²) >= 11 is 13.2. The van der Waals surface area contributed by atoms with E-state index in [9.17, 15) is 10.1 Å². The van der Waals surface area contributed by atoms with E-state index in [1.807, 2.05) is 14.0 Å². The molecule has 0 amide bonds. The largest absolute Gasteiger partial charge is 0.495 e. The minimum Gasteiger partial charge on any atom is -0.495 e. The van der Waals surface area contributed by atoms with Crippen molar-refractivity contribution in [3.8, 4) is 28.5 Å². The Bertz CT molecular complexity index is 1620. The van der Waals surface area contributed by atoms with Gasteiger partial charge in [0.2, 0.25) is 0 Å². The third-order valence-electron chi connectivity index (χ3n) is 6.41. The Morgan fingerprint density at radius 1 is 1.07 bits per heavy atom. The molecule has 0 bridgehead atoms. The number of hydrogen-bond donors (Lipinski definition) is 2. The van der Waals surface area contributed by atoms with Gasteiger partial charge in [0.05, 0.1) is 36.1 Å². The standard InChI is InChI=1S/C28H27Cl2N7O5/c1-4-41-23-12-22(40-3)25(29)27(26(23)30)35-28-18(6-5-9-31-28)20-11-24(33-15-32-20)34-19-8-7-16(10-21(19)37(38)39)42-17-13-36(2)14-17/h5-12,15,17H,4,13-14H2,1-3H3,(H,31,35)(H,32,33,34). The number of pyridine rings is 1. The van der Waals surface area contributed by atoms with Gasteiger partial charge in [-0.15, -0.1) is 0 Å². The van der Waals surface area contributed by atoms with Crippen molar-refractivity contribution in [3.05, 3.63) is 75.1 Å². The molecule has 12 nitrogen and oxygen atoms in total. The highest BCUT2D eigenvalue weighted by atomic mass is 35.5. The SMILES string of the molecule is CCOc1cc(OC)c(Cl)c(Nc2ncccc2-c2cc(Nc3ccc(OC4CN(C)C4)cc3[N+](=O)[O-])ncn2)c1Cl. The molecule has 0 aliphatic carbocycles. The van der Waals surface area contributed by atoms with Gasteiger partial charge in [-0.1, -0.05) is 23.2 Å². The molecular weight excluding hydrogens is 585 g/mol. The molecule has 0 atom stereocenters. The highest BCUT2D eigenvalue weighted by Gasteiger charge is 2.26. The fourth-order valence-corrected chi connectivity index (χ4v) is 4.97. The molecule has 0 radical (unpaired) electrons. The summed E-state index contributed by atoms with van der Waals surface area (Å²) in [5.41, 5.74) is 1.54. The molecule has 218 valence electrons. The number of nitro groups is 1. The Labute approximate surface area is 251 Å². The second-order valence-corrected chi connectivity index (χ2v) is 10.1.